The highest BCUT2D eigenvalue weighted by Crippen LogP contribution is 2.29. The lowest BCUT2D eigenvalue weighted by molar-refractivity contribution is -0.0610. The normalized spacial score (nSPS) is 23.7. The Morgan fingerprint density at radius 2 is 2.17 bits per heavy atom. The van der Waals surface area contributed by atoms with Crippen LogP contribution >= 0.6 is 0 Å². The highest BCUT2D eigenvalue weighted by Gasteiger charge is 2.44. The van der Waals surface area contributed by atoms with Gasteiger partial charge in [0, 0.05) is 0 Å². The number of carbonyl (C=O) groups excluding carboxylic acids is 1. The van der Waals surface area contributed by atoms with Gasteiger partial charge >= 0.3 is 6.09 Å². The van der Waals surface area contributed by atoms with Crippen LogP contribution in [0.4, 0.5) is 4.79 Å². The van der Waals surface area contributed by atoms with Crippen LogP contribution in [0.15, 0.2) is 12.2 Å². The summed E-state index contributed by atoms with van der Waals surface area (Å²) in [6.45, 7) is 9.48. The van der Waals surface area contributed by atoms with E-state index in [-0.39, 0.29) is 12.6 Å². The third-order valence-corrected chi connectivity index (χ3v) is 2.57. The summed E-state index contributed by atoms with van der Waals surface area (Å²) in [5.74, 6) is 0. The zero-order valence-electron chi connectivity index (χ0n) is 11.8. The molecule has 1 fully saturated rings. The monoisotopic (exact) mass is 257 g/mol. The Balaban J connectivity index is 2.85. The molecule has 1 N–H and O–H groups in total. The van der Waals surface area contributed by atoms with Crippen LogP contribution < -0.4 is 0 Å². The van der Waals surface area contributed by atoms with E-state index in [2.05, 4.69) is 0 Å². The quantitative estimate of drug-likeness (QED) is 0.768. The zero-order valence-corrected chi connectivity index (χ0v) is 11.8. The van der Waals surface area contributed by atoms with Gasteiger partial charge in [0.25, 0.3) is 0 Å². The lowest BCUT2D eigenvalue weighted by atomic mass is 10.2. The minimum absolute atomic E-state index is 0.0565. The fourth-order valence-corrected chi connectivity index (χ4v) is 1.86. The van der Waals surface area contributed by atoms with Crippen LogP contribution in [0, 0.1) is 0 Å². The number of amides is 1. The molecular formula is C13H23NO4. The molecule has 1 rings (SSSR count). The van der Waals surface area contributed by atoms with Crippen molar-refractivity contribution in [1.29, 1.82) is 0 Å². The fourth-order valence-electron chi connectivity index (χ4n) is 1.86. The third kappa shape index (κ3) is 3.71. The number of rotatable bonds is 2. The molecule has 0 spiro atoms. The van der Waals surface area contributed by atoms with E-state index < -0.39 is 17.4 Å². The van der Waals surface area contributed by atoms with Crippen LogP contribution in [0.2, 0.25) is 0 Å². The van der Waals surface area contributed by atoms with Crippen LogP contribution in [-0.2, 0) is 9.47 Å². The second-order valence-corrected chi connectivity index (χ2v) is 5.79. The third-order valence-electron chi connectivity index (χ3n) is 2.57. The number of hydrogen-bond acceptors (Lipinski definition) is 4. The fraction of sp³-hybridized carbons (Fsp3) is 0.769. The van der Waals surface area contributed by atoms with Gasteiger partial charge in [0.15, 0.2) is 0 Å². The lowest BCUT2D eigenvalue weighted by Crippen LogP contribution is -2.49. The molecule has 0 aliphatic carbocycles. The number of hydrogen-bond donors (Lipinski definition) is 1. The Hall–Kier alpha value is -1.07. The number of carbonyl (C=O) groups is 1. The van der Waals surface area contributed by atoms with Gasteiger partial charge in [0.2, 0.25) is 0 Å². The van der Waals surface area contributed by atoms with Crippen molar-refractivity contribution in [3.8, 4) is 0 Å². The molecule has 1 saturated heterocycles. The summed E-state index contributed by atoms with van der Waals surface area (Å²) >= 11 is 0. The first kappa shape index (κ1) is 15.0. The molecule has 1 amide bonds. The highest BCUT2D eigenvalue weighted by molar-refractivity contribution is 5.70. The lowest BCUT2D eigenvalue weighted by Gasteiger charge is -2.34. The molecule has 0 radical (unpaired) electrons. The Morgan fingerprint density at radius 1 is 1.56 bits per heavy atom. The van der Waals surface area contributed by atoms with E-state index in [1.54, 1.807) is 17.1 Å². The van der Waals surface area contributed by atoms with Crippen molar-refractivity contribution < 1.29 is 19.4 Å². The summed E-state index contributed by atoms with van der Waals surface area (Å²) in [6, 6.07) is -0.206. The average molecular weight is 257 g/mol. The maximum Gasteiger partial charge on any atom is 0.413 e. The predicted molar refractivity (Wildman–Crippen MR) is 68.1 cm³/mol. The summed E-state index contributed by atoms with van der Waals surface area (Å²) in [6.07, 6.45) is 2.96. The van der Waals surface area contributed by atoms with E-state index in [1.165, 1.54) is 0 Å². The summed E-state index contributed by atoms with van der Waals surface area (Å²) in [7, 11) is 0. The molecule has 5 nitrogen and oxygen atoms in total. The maximum absolute atomic E-state index is 12.2. The van der Waals surface area contributed by atoms with Gasteiger partial charge in [0.05, 0.1) is 19.3 Å². The second-order valence-electron chi connectivity index (χ2n) is 5.79. The molecule has 0 saturated carbocycles. The second kappa shape index (κ2) is 5.28. The van der Waals surface area contributed by atoms with Crippen molar-refractivity contribution in [1.82, 2.24) is 4.90 Å². The van der Waals surface area contributed by atoms with Gasteiger partial charge in [-0.1, -0.05) is 12.2 Å². The minimum atomic E-state index is -0.702. The first-order valence-corrected chi connectivity index (χ1v) is 6.11. The van der Waals surface area contributed by atoms with Gasteiger partial charge in [-0.15, -0.1) is 0 Å². The Morgan fingerprint density at radius 3 is 2.67 bits per heavy atom. The molecule has 0 aromatic rings. The first-order valence-electron chi connectivity index (χ1n) is 6.11. The molecule has 0 aromatic heterocycles. The number of nitrogens with zero attached hydrogens (tertiary/aromatic N) is 1. The largest absolute Gasteiger partial charge is 0.444 e. The SMILES string of the molecule is CC(C)(C)OC(=O)N1[C@@H](/C=C\CO)COC1(C)C. The van der Waals surface area contributed by atoms with Crippen LogP contribution in [0.5, 0.6) is 0 Å². The van der Waals surface area contributed by atoms with Crippen molar-refractivity contribution in [3.63, 3.8) is 0 Å². The number of ether oxygens (including phenoxy) is 2. The molecular weight excluding hydrogens is 234 g/mol. The Kier molecular flexibility index (Phi) is 4.40. The minimum Gasteiger partial charge on any atom is -0.444 e. The van der Waals surface area contributed by atoms with Crippen molar-refractivity contribution >= 4 is 6.09 Å². The van der Waals surface area contributed by atoms with Crippen LogP contribution in [0.3, 0.4) is 0 Å². The van der Waals surface area contributed by atoms with Crippen LogP contribution in [0.1, 0.15) is 34.6 Å². The molecule has 1 atom stereocenters. The van der Waals surface area contributed by atoms with Gasteiger partial charge in [-0.05, 0) is 34.6 Å². The van der Waals surface area contributed by atoms with E-state index in [0.29, 0.717) is 6.61 Å². The van der Waals surface area contributed by atoms with E-state index >= 15 is 0 Å². The maximum atomic E-state index is 12.2. The highest BCUT2D eigenvalue weighted by atomic mass is 16.6. The zero-order chi connectivity index (χ0) is 14.0. The molecule has 1 aliphatic rings. The summed E-state index contributed by atoms with van der Waals surface area (Å²) in [5, 5.41) is 8.81. The van der Waals surface area contributed by atoms with Gasteiger partial charge in [-0.2, -0.15) is 0 Å². The molecule has 0 bridgehead atoms. The van der Waals surface area contributed by atoms with Gasteiger partial charge in [0.1, 0.15) is 11.3 Å². The number of aliphatic hydroxyl groups is 1. The Bertz CT molecular complexity index is 330. The summed E-state index contributed by atoms with van der Waals surface area (Å²) in [5.41, 5.74) is -1.24. The standard InChI is InChI=1S/C13H23NO4/c1-12(2,3)18-11(16)14-10(7-6-8-15)9-17-13(14,4)5/h6-7,10,15H,8-9H2,1-5H3/b7-6-/t10-/m0/s1. The molecule has 1 heterocycles. The predicted octanol–water partition coefficient (Wildman–Crippen LogP) is 1.91. The molecule has 5 heteroatoms. The van der Waals surface area contributed by atoms with Crippen LogP contribution in [-0.4, -0.2) is 46.7 Å². The van der Waals surface area contributed by atoms with Crippen LogP contribution in [0.25, 0.3) is 0 Å². The smallest absolute Gasteiger partial charge is 0.413 e. The topological polar surface area (TPSA) is 59.0 Å². The van der Waals surface area contributed by atoms with Crippen molar-refractivity contribution in [2.75, 3.05) is 13.2 Å². The molecule has 18 heavy (non-hydrogen) atoms. The van der Waals surface area contributed by atoms with Gasteiger partial charge in [-0.3, -0.25) is 4.90 Å². The number of aliphatic hydroxyl groups excluding tert-OH is 1. The first-order chi connectivity index (χ1) is 8.17. The molecule has 0 unspecified atom stereocenters. The van der Waals surface area contributed by atoms with Crippen molar-refractivity contribution in [2.45, 2.75) is 52.0 Å². The van der Waals surface area contributed by atoms with Crippen molar-refractivity contribution in [3.05, 3.63) is 12.2 Å². The van der Waals surface area contributed by atoms with Gasteiger partial charge in [-0.25, -0.2) is 4.79 Å². The summed E-state index contributed by atoms with van der Waals surface area (Å²) in [4.78, 5) is 13.7. The van der Waals surface area contributed by atoms with E-state index in [1.807, 2.05) is 34.6 Å². The molecule has 104 valence electrons. The average Bonchev–Trinajstić information content (AvgIpc) is 2.48. The van der Waals surface area contributed by atoms with E-state index in [4.69, 9.17) is 14.6 Å². The summed E-state index contributed by atoms with van der Waals surface area (Å²) < 4.78 is 11.0. The van der Waals surface area contributed by atoms with Gasteiger partial charge < -0.3 is 14.6 Å². The van der Waals surface area contributed by atoms with Crippen molar-refractivity contribution in [2.24, 2.45) is 0 Å². The Labute approximate surface area is 108 Å². The van der Waals surface area contributed by atoms with E-state index in [0.717, 1.165) is 0 Å². The molecule has 1 aliphatic heterocycles. The molecule has 0 aromatic carbocycles. The van der Waals surface area contributed by atoms with E-state index in [9.17, 15) is 4.79 Å².